The summed E-state index contributed by atoms with van der Waals surface area (Å²) in [7, 11) is 0. The quantitative estimate of drug-likeness (QED) is 0.271. The number of fused-ring (bicyclic) bond motifs is 1. The molecule has 0 spiro atoms. The molecule has 37 heavy (non-hydrogen) atoms. The van der Waals surface area contributed by atoms with Gasteiger partial charge in [-0.2, -0.15) is 0 Å². The Morgan fingerprint density at radius 3 is 2.59 bits per heavy atom. The Labute approximate surface area is 221 Å². The molecule has 0 aromatic heterocycles. The topological polar surface area (TPSA) is 49.4 Å². The van der Waals surface area contributed by atoms with Crippen molar-refractivity contribution in [3.8, 4) is 0 Å². The van der Waals surface area contributed by atoms with Crippen molar-refractivity contribution in [3.63, 3.8) is 0 Å². The predicted octanol–water partition coefficient (Wildman–Crippen LogP) is 7.13. The largest absolute Gasteiger partial charge is 0.352 e. The van der Waals surface area contributed by atoms with Crippen LogP contribution in [0, 0.1) is 5.82 Å². The molecule has 0 saturated carbocycles. The van der Waals surface area contributed by atoms with Crippen molar-refractivity contribution in [2.24, 2.45) is 0 Å². The summed E-state index contributed by atoms with van der Waals surface area (Å²) in [4.78, 5) is 29.8. The van der Waals surface area contributed by atoms with Gasteiger partial charge in [-0.3, -0.25) is 9.59 Å². The van der Waals surface area contributed by atoms with Crippen LogP contribution >= 0.6 is 11.8 Å². The van der Waals surface area contributed by atoms with E-state index in [-0.39, 0.29) is 24.2 Å². The third-order valence-corrected chi connectivity index (χ3v) is 7.73. The molecule has 6 heteroatoms. The molecule has 0 saturated heterocycles. The van der Waals surface area contributed by atoms with Crippen LogP contribution in [0.25, 0.3) is 6.08 Å². The number of anilines is 1. The van der Waals surface area contributed by atoms with Crippen LogP contribution in [-0.2, 0) is 11.3 Å². The third-order valence-electron chi connectivity index (χ3n) is 6.66. The van der Waals surface area contributed by atoms with E-state index in [1.54, 1.807) is 23.1 Å². The molecular formula is C31H29FN2O2S. The number of rotatable bonds is 7. The maximum Gasteiger partial charge on any atom is 0.265 e. The molecule has 2 amide bonds. The first-order valence-corrected chi connectivity index (χ1v) is 13.5. The van der Waals surface area contributed by atoms with Gasteiger partial charge >= 0.3 is 0 Å². The second kappa shape index (κ2) is 11.6. The van der Waals surface area contributed by atoms with E-state index in [1.165, 1.54) is 42.3 Å². The minimum Gasteiger partial charge on any atom is -0.352 e. The molecule has 0 bridgehead atoms. The van der Waals surface area contributed by atoms with Gasteiger partial charge in [-0.05, 0) is 79.6 Å². The number of thioether (sulfide) groups is 1. The lowest BCUT2D eigenvalue weighted by Gasteiger charge is -2.31. The minimum atomic E-state index is -0.322. The minimum absolute atomic E-state index is 0.146. The van der Waals surface area contributed by atoms with Gasteiger partial charge in [0.2, 0.25) is 0 Å². The molecule has 1 N–H and O–H groups in total. The molecule has 1 aliphatic heterocycles. The van der Waals surface area contributed by atoms with Gasteiger partial charge in [-0.25, -0.2) is 4.39 Å². The van der Waals surface area contributed by atoms with E-state index < -0.39 is 0 Å². The van der Waals surface area contributed by atoms with Crippen LogP contribution in [0.3, 0.4) is 0 Å². The van der Waals surface area contributed by atoms with Crippen molar-refractivity contribution in [3.05, 3.63) is 112 Å². The molecule has 1 aliphatic carbocycles. The molecule has 4 nitrogen and oxygen atoms in total. The average Bonchev–Trinajstić information content (AvgIpc) is 2.93. The summed E-state index contributed by atoms with van der Waals surface area (Å²) in [5.74, 6) is -0.617. The summed E-state index contributed by atoms with van der Waals surface area (Å²) < 4.78 is 13.5. The number of benzene rings is 3. The Kier molecular flexibility index (Phi) is 7.85. The zero-order valence-electron chi connectivity index (χ0n) is 20.6. The van der Waals surface area contributed by atoms with Crippen LogP contribution in [0.2, 0.25) is 0 Å². The van der Waals surface area contributed by atoms with Gasteiger partial charge in [0.15, 0.2) is 0 Å². The highest BCUT2D eigenvalue weighted by atomic mass is 32.2. The van der Waals surface area contributed by atoms with Crippen LogP contribution < -0.4 is 10.2 Å². The lowest BCUT2D eigenvalue weighted by atomic mass is 9.97. The number of amides is 2. The first-order valence-electron chi connectivity index (χ1n) is 12.7. The lowest BCUT2D eigenvalue weighted by molar-refractivity contribution is -0.114. The fraction of sp³-hybridized carbons (Fsp3) is 0.226. The summed E-state index contributed by atoms with van der Waals surface area (Å²) in [6, 6.07) is 21.4. The number of nitrogens with one attached hydrogen (secondary N) is 1. The molecule has 5 rings (SSSR count). The van der Waals surface area contributed by atoms with Crippen LogP contribution in [0.5, 0.6) is 0 Å². The normalized spacial score (nSPS) is 16.4. The van der Waals surface area contributed by atoms with Crippen LogP contribution in [0.15, 0.2) is 94.2 Å². The smallest absolute Gasteiger partial charge is 0.265 e. The van der Waals surface area contributed by atoms with Crippen LogP contribution in [0.1, 0.15) is 53.6 Å². The molecule has 0 fully saturated rings. The molecule has 0 atom stereocenters. The van der Waals surface area contributed by atoms with E-state index >= 15 is 0 Å². The number of carbonyl (C=O) groups excluding carboxylic acids is 2. The van der Waals surface area contributed by atoms with E-state index in [9.17, 15) is 14.0 Å². The second-order valence-corrected chi connectivity index (χ2v) is 10.4. The Bertz CT molecular complexity index is 1350. The molecule has 3 aromatic rings. The Morgan fingerprint density at radius 2 is 1.84 bits per heavy atom. The van der Waals surface area contributed by atoms with Crippen molar-refractivity contribution in [2.45, 2.75) is 43.5 Å². The molecule has 3 aromatic carbocycles. The maximum atomic E-state index is 13.6. The highest BCUT2D eigenvalue weighted by Gasteiger charge is 2.30. The first-order chi connectivity index (χ1) is 18.1. The van der Waals surface area contributed by atoms with Crippen molar-refractivity contribution < 1.29 is 14.0 Å². The fourth-order valence-electron chi connectivity index (χ4n) is 4.65. The van der Waals surface area contributed by atoms with Gasteiger partial charge < -0.3 is 10.2 Å². The number of hydrogen-bond acceptors (Lipinski definition) is 3. The molecular weight excluding hydrogens is 483 g/mol. The van der Waals surface area contributed by atoms with Gasteiger partial charge in [0, 0.05) is 17.0 Å². The molecule has 0 radical (unpaired) electrons. The van der Waals surface area contributed by atoms with Gasteiger partial charge in [0.25, 0.3) is 11.8 Å². The maximum absolute atomic E-state index is 13.6. The number of halogens is 1. The standard InChI is InChI=1S/C31H29FN2O2S/c32-26-14-11-24(12-15-26)21-34-27-20-25(30(35)33-18-17-22-7-3-1-4-8-22)13-16-28(27)37-29(31(34)36)19-23-9-5-2-6-10-23/h2,5-7,9-16,19-20H,1,3-4,8,17-18,21H2,(H,33,35). The molecule has 1 heterocycles. The number of hydrogen-bond donors (Lipinski definition) is 1. The van der Waals surface area contributed by atoms with Gasteiger partial charge in [0.05, 0.1) is 17.1 Å². The van der Waals surface area contributed by atoms with Crippen molar-refractivity contribution >= 4 is 35.3 Å². The highest BCUT2D eigenvalue weighted by molar-refractivity contribution is 8.04. The van der Waals surface area contributed by atoms with Gasteiger partial charge in [0.1, 0.15) is 5.82 Å². The summed E-state index contributed by atoms with van der Waals surface area (Å²) in [6.07, 6.45) is 9.77. The van der Waals surface area contributed by atoms with Crippen molar-refractivity contribution in [1.29, 1.82) is 0 Å². The summed E-state index contributed by atoms with van der Waals surface area (Å²) in [5, 5.41) is 3.03. The fourth-order valence-corrected chi connectivity index (χ4v) is 5.69. The van der Waals surface area contributed by atoms with Crippen LogP contribution in [0.4, 0.5) is 10.1 Å². The SMILES string of the molecule is O=C(NCCC1=CCCCC1)c1ccc2c(c1)N(Cc1ccc(F)cc1)C(=O)C(=Cc1ccccc1)S2. The second-order valence-electron chi connectivity index (χ2n) is 9.34. The number of carbonyl (C=O) groups is 2. The summed E-state index contributed by atoms with van der Waals surface area (Å²) in [5.41, 5.74) is 4.37. The molecule has 188 valence electrons. The number of nitrogens with zero attached hydrogens (tertiary/aromatic N) is 1. The Hall–Kier alpha value is -3.64. The zero-order chi connectivity index (χ0) is 25.6. The Balaban J connectivity index is 1.40. The predicted molar refractivity (Wildman–Crippen MR) is 148 cm³/mol. The van der Waals surface area contributed by atoms with Gasteiger partial charge in [-0.15, -0.1) is 0 Å². The van der Waals surface area contributed by atoms with Crippen molar-refractivity contribution in [1.82, 2.24) is 5.32 Å². The van der Waals surface area contributed by atoms with Gasteiger partial charge in [-0.1, -0.05) is 65.9 Å². The zero-order valence-corrected chi connectivity index (χ0v) is 21.4. The van der Waals surface area contributed by atoms with E-state index in [0.29, 0.717) is 22.7 Å². The number of allylic oxidation sites excluding steroid dienone is 1. The average molecular weight is 513 g/mol. The Morgan fingerprint density at radius 1 is 1.03 bits per heavy atom. The first kappa shape index (κ1) is 25.0. The summed E-state index contributed by atoms with van der Waals surface area (Å²) in [6.45, 7) is 0.872. The van der Waals surface area contributed by atoms with E-state index in [2.05, 4.69) is 11.4 Å². The monoisotopic (exact) mass is 512 g/mol. The van der Waals surface area contributed by atoms with E-state index in [1.807, 2.05) is 48.5 Å². The van der Waals surface area contributed by atoms with E-state index in [0.717, 1.165) is 35.3 Å². The highest BCUT2D eigenvalue weighted by Crippen LogP contribution is 2.43. The van der Waals surface area contributed by atoms with Crippen molar-refractivity contribution in [2.75, 3.05) is 11.4 Å². The lowest BCUT2D eigenvalue weighted by Crippen LogP contribution is -2.34. The summed E-state index contributed by atoms with van der Waals surface area (Å²) >= 11 is 1.40. The van der Waals surface area contributed by atoms with Crippen LogP contribution in [-0.4, -0.2) is 18.4 Å². The van der Waals surface area contributed by atoms with E-state index in [4.69, 9.17) is 0 Å². The third kappa shape index (κ3) is 6.20. The molecule has 0 unspecified atom stereocenters. The molecule has 2 aliphatic rings.